The predicted molar refractivity (Wildman–Crippen MR) is 85.0 cm³/mol. The second-order valence-electron chi connectivity index (χ2n) is 6.26. The molecule has 0 atom stereocenters. The standard InChI is InChI=1S/C16H26N4O/c1-11-14(17-2)18-15(12-7-8-12)19-16(11)20(9-10-21)13-5-3-4-6-13/h12-13,21H,3-10H2,1-2H3,(H,17,18,19). The third-order valence-electron chi connectivity index (χ3n) is 4.70. The molecule has 2 N–H and O–H groups in total. The summed E-state index contributed by atoms with van der Waals surface area (Å²) in [7, 11) is 1.92. The van der Waals surface area contributed by atoms with Crippen molar-refractivity contribution in [1.29, 1.82) is 0 Å². The third kappa shape index (κ3) is 2.98. The summed E-state index contributed by atoms with van der Waals surface area (Å²) in [6.45, 7) is 2.92. The summed E-state index contributed by atoms with van der Waals surface area (Å²) in [5, 5.41) is 12.7. The minimum Gasteiger partial charge on any atom is -0.395 e. The lowest BCUT2D eigenvalue weighted by atomic mass is 10.1. The summed E-state index contributed by atoms with van der Waals surface area (Å²) >= 11 is 0. The Morgan fingerprint density at radius 1 is 1.19 bits per heavy atom. The monoisotopic (exact) mass is 290 g/mol. The molecular weight excluding hydrogens is 264 g/mol. The van der Waals surface area contributed by atoms with Crippen LogP contribution in [0.3, 0.4) is 0 Å². The summed E-state index contributed by atoms with van der Waals surface area (Å²) in [5.41, 5.74) is 1.10. The van der Waals surface area contributed by atoms with E-state index in [4.69, 9.17) is 4.98 Å². The molecule has 0 spiro atoms. The van der Waals surface area contributed by atoms with Crippen molar-refractivity contribution in [1.82, 2.24) is 9.97 Å². The largest absolute Gasteiger partial charge is 0.395 e. The Morgan fingerprint density at radius 2 is 1.90 bits per heavy atom. The fraction of sp³-hybridized carbons (Fsp3) is 0.750. The smallest absolute Gasteiger partial charge is 0.137 e. The van der Waals surface area contributed by atoms with E-state index in [0.717, 1.165) is 23.0 Å². The van der Waals surface area contributed by atoms with Gasteiger partial charge in [0.15, 0.2) is 0 Å². The average Bonchev–Trinajstić information content (AvgIpc) is 3.21. The number of hydrogen-bond acceptors (Lipinski definition) is 5. The zero-order valence-corrected chi connectivity index (χ0v) is 13.1. The topological polar surface area (TPSA) is 61.3 Å². The van der Waals surface area contributed by atoms with Gasteiger partial charge in [0, 0.05) is 31.1 Å². The van der Waals surface area contributed by atoms with Crippen LogP contribution in [-0.2, 0) is 0 Å². The van der Waals surface area contributed by atoms with Crippen LogP contribution in [-0.4, -0.2) is 41.3 Å². The number of rotatable bonds is 6. The number of aliphatic hydroxyl groups is 1. The quantitative estimate of drug-likeness (QED) is 0.842. The molecule has 1 heterocycles. The Labute approximate surface area is 126 Å². The van der Waals surface area contributed by atoms with Crippen molar-refractivity contribution in [2.45, 2.75) is 57.4 Å². The molecule has 21 heavy (non-hydrogen) atoms. The van der Waals surface area contributed by atoms with Crippen LogP contribution in [0.2, 0.25) is 0 Å². The molecule has 2 aliphatic rings. The summed E-state index contributed by atoms with van der Waals surface area (Å²) < 4.78 is 0. The zero-order valence-electron chi connectivity index (χ0n) is 13.1. The van der Waals surface area contributed by atoms with E-state index in [0.29, 0.717) is 18.5 Å². The maximum Gasteiger partial charge on any atom is 0.137 e. The van der Waals surface area contributed by atoms with Crippen molar-refractivity contribution in [3.8, 4) is 0 Å². The van der Waals surface area contributed by atoms with Crippen molar-refractivity contribution in [3.63, 3.8) is 0 Å². The predicted octanol–water partition coefficient (Wildman–Crippen LogP) is 2.45. The first-order valence-corrected chi connectivity index (χ1v) is 8.18. The Hall–Kier alpha value is -1.36. The van der Waals surface area contributed by atoms with E-state index in [1.807, 2.05) is 7.05 Å². The molecule has 0 aliphatic heterocycles. The van der Waals surface area contributed by atoms with E-state index in [1.54, 1.807) is 0 Å². The highest BCUT2D eigenvalue weighted by Gasteiger charge is 2.31. The highest BCUT2D eigenvalue weighted by Crippen LogP contribution is 2.40. The lowest BCUT2D eigenvalue weighted by molar-refractivity contribution is 0.296. The molecule has 1 aromatic rings. The highest BCUT2D eigenvalue weighted by molar-refractivity contribution is 5.59. The molecular formula is C16H26N4O. The first kappa shape index (κ1) is 14.6. The number of nitrogens with zero attached hydrogens (tertiary/aromatic N) is 3. The molecule has 0 bridgehead atoms. The third-order valence-corrected chi connectivity index (χ3v) is 4.70. The van der Waals surface area contributed by atoms with E-state index in [1.165, 1.54) is 38.5 Å². The zero-order chi connectivity index (χ0) is 14.8. The van der Waals surface area contributed by atoms with Crippen molar-refractivity contribution in [2.24, 2.45) is 0 Å². The van der Waals surface area contributed by atoms with Crippen LogP contribution < -0.4 is 10.2 Å². The van der Waals surface area contributed by atoms with Gasteiger partial charge >= 0.3 is 0 Å². The molecule has 1 aromatic heterocycles. The molecule has 2 aliphatic carbocycles. The Morgan fingerprint density at radius 3 is 2.48 bits per heavy atom. The molecule has 0 saturated heterocycles. The van der Waals surface area contributed by atoms with Gasteiger partial charge in [-0.3, -0.25) is 0 Å². The van der Waals surface area contributed by atoms with Gasteiger partial charge in [-0.1, -0.05) is 12.8 Å². The number of hydrogen-bond donors (Lipinski definition) is 2. The molecule has 116 valence electrons. The molecule has 5 heteroatoms. The molecule has 0 aromatic carbocycles. The van der Waals surface area contributed by atoms with Gasteiger partial charge in [0.05, 0.1) is 6.61 Å². The van der Waals surface area contributed by atoms with Crippen LogP contribution in [0.5, 0.6) is 0 Å². The van der Waals surface area contributed by atoms with E-state index in [-0.39, 0.29) is 6.61 Å². The van der Waals surface area contributed by atoms with Gasteiger partial charge in [-0.2, -0.15) is 0 Å². The first-order chi connectivity index (χ1) is 10.2. The number of aliphatic hydroxyl groups excluding tert-OH is 1. The highest BCUT2D eigenvalue weighted by atomic mass is 16.3. The van der Waals surface area contributed by atoms with Crippen LogP contribution in [0.4, 0.5) is 11.6 Å². The summed E-state index contributed by atoms with van der Waals surface area (Å²) in [6, 6.07) is 0.516. The van der Waals surface area contributed by atoms with E-state index < -0.39 is 0 Å². The maximum atomic E-state index is 9.47. The normalized spacial score (nSPS) is 19.0. The SMILES string of the molecule is CNc1nc(C2CC2)nc(N(CCO)C2CCCC2)c1C. The molecule has 0 radical (unpaired) electrons. The van der Waals surface area contributed by atoms with Crippen molar-refractivity contribution < 1.29 is 5.11 Å². The van der Waals surface area contributed by atoms with Gasteiger partial charge in [0.25, 0.3) is 0 Å². The molecule has 0 amide bonds. The summed E-state index contributed by atoms with van der Waals surface area (Å²) in [6.07, 6.45) is 7.38. The second-order valence-corrected chi connectivity index (χ2v) is 6.26. The second kappa shape index (κ2) is 6.18. The molecule has 0 unspecified atom stereocenters. The van der Waals surface area contributed by atoms with Crippen molar-refractivity contribution in [2.75, 3.05) is 30.4 Å². The van der Waals surface area contributed by atoms with Crippen LogP contribution in [0, 0.1) is 6.92 Å². The fourth-order valence-electron chi connectivity index (χ4n) is 3.35. The van der Waals surface area contributed by atoms with Crippen LogP contribution >= 0.6 is 0 Å². The number of anilines is 2. The minimum atomic E-state index is 0.174. The molecule has 2 saturated carbocycles. The maximum absolute atomic E-state index is 9.47. The van der Waals surface area contributed by atoms with Gasteiger partial charge in [0.1, 0.15) is 17.5 Å². The minimum absolute atomic E-state index is 0.174. The van der Waals surface area contributed by atoms with Crippen LogP contribution in [0.15, 0.2) is 0 Å². The van der Waals surface area contributed by atoms with Gasteiger partial charge in [-0.05, 0) is 32.6 Å². The average molecular weight is 290 g/mol. The van der Waals surface area contributed by atoms with E-state index in [2.05, 4.69) is 22.1 Å². The van der Waals surface area contributed by atoms with Crippen LogP contribution in [0.25, 0.3) is 0 Å². The van der Waals surface area contributed by atoms with E-state index >= 15 is 0 Å². The van der Waals surface area contributed by atoms with Gasteiger partial charge in [-0.15, -0.1) is 0 Å². The lowest BCUT2D eigenvalue weighted by Crippen LogP contribution is -2.37. The molecule has 3 rings (SSSR count). The Kier molecular flexibility index (Phi) is 4.29. The Balaban J connectivity index is 1.98. The number of aromatic nitrogens is 2. The summed E-state index contributed by atoms with van der Waals surface area (Å²) in [5.74, 6) is 3.47. The molecule has 5 nitrogen and oxygen atoms in total. The first-order valence-electron chi connectivity index (χ1n) is 8.18. The fourth-order valence-corrected chi connectivity index (χ4v) is 3.35. The molecule has 2 fully saturated rings. The number of nitrogens with one attached hydrogen (secondary N) is 1. The van der Waals surface area contributed by atoms with Gasteiger partial charge in [-0.25, -0.2) is 9.97 Å². The Bertz CT molecular complexity index is 495. The lowest BCUT2D eigenvalue weighted by Gasteiger charge is -2.31. The van der Waals surface area contributed by atoms with Gasteiger partial charge < -0.3 is 15.3 Å². The van der Waals surface area contributed by atoms with Crippen molar-refractivity contribution in [3.05, 3.63) is 11.4 Å². The van der Waals surface area contributed by atoms with E-state index in [9.17, 15) is 5.11 Å². The van der Waals surface area contributed by atoms with Crippen molar-refractivity contribution >= 4 is 11.6 Å². The van der Waals surface area contributed by atoms with Crippen LogP contribution in [0.1, 0.15) is 55.8 Å². The summed E-state index contributed by atoms with van der Waals surface area (Å²) in [4.78, 5) is 11.9. The van der Waals surface area contributed by atoms with Gasteiger partial charge in [0.2, 0.25) is 0 Å².